The van der Waals surface area contributed by atoms with Crippen LogP contribution in [0.15, 0.2) is 0 Å². The van der Waals surface area contributed by atoms with Gasteiger partial charge in [-0.3, -0.25) is 4.39 Å². The molecule has 0 aliphatic heterocycles. The normalized spacial score (nSPS) is 14.3. The topological polar surface area (TPSA) is 37.3 Å². The zero-order valence-electron chi connectivity index (χ0n) is 3.06. The van der Waals surface area contributed by atoms with Crippen molar-refractivity contribution in [3.05, 3.63) is 0 Å². The van der Waals surface area contributed by atoms with Gasteiger partial charge in [-0.05, 0) is 0 Å². The fourth-order valence-electron chi connectivity index (χ4n) is 0.0660. The van der Waals surface area contributed by atoms with E-state index in [0.29, 0.717) is 0 Å². The van der Waals surface area contributed by atoms with Gasteiger partial charge in [-0.25, -0.2) is 4.21 Å². The summed E-state index contributed by atoms with van der Waals surface area (Å²) in [5, 5.41) is 0. The quantitative estimate of drug-likeness (QED) is 0.517. The lowest BCUT2D eigenvalue weighted by Gasteiger charge is -1.79. The summed E-state index contributed by atoms with van der Waals surface area (Å²) in [5.74, 6) is -0.264. The van der Waals surface area contributed by atoms with E-state index in [1.165, 1.54) is 0 Å². The Morgan fingerprint density at radius 1 is 1.83 bits per heavy atom. The van der Waals surface area contributed by atoms with Crippen LogP contribution in [0.3, 0.4) is 0 Å². The number of alkyl halides is 1. The predicted molar refractivity (Wildman–Crippen MR) is 21.6 cm³/mol. The molecule has 38 valence electrons. The minimum absolute atomic E-state index is 0.264. The monoisotopic (exact) mass is 112 g/mol. The molecule has 0 aliphatic carbocycles. The third kappa shape index (κ3) is 4.04. The zero-order valence-corrected chi connectivity index (χ0v) is 3.87. The van der Waals surface area contributed by atoms with Crippen LogP contribution >= 0.6 is 0 Å². The summed E-state index contributed by atoms with van der Waals surface area (Å²) < 4.78 is 28.1. The molecule has 1 unspecified atom stereocenters. The number of halogens is 1. The van der Waals surface area contributed by atoms with E-state index >= 15 is 0 Å². The predicted octanol–water partition coefficient (Wildman–Crippen LogP) is 0.178. The highest BCUT2D eigenvalue weighted by molar-refractivity contribution is 7.79. The van der Waals surface area contributed by atoms with E-state index in [1.807, 2.05) is 0 Å². The maximum Gasteiger partial charge on any atom is 0.155 e. The van der Waals surface area contributed by atoms with E-state index in [9.17, 15) is 8.60 Å². The van der Waals surface area contributed by atoms with Gasteiger partial charge in [0.05, 0.1) is 5.75 Å². The van der Waals surface area contributed by atoms with Gasteiger partial charge in [0.2, 0.25) is 0 Å². The first kappa shape index (κ1) is 6.04. The standard InChI is InChI=1S/C2H5FO2S/c3-1-2-6(4)5/h1-2H2,(H,4,5). The molecule has 4 heteroatoms. The second-order valence-corrected chi connectivity index (χ2v) is 1.77. The molecule has 0 fully saturated rings. The van der Waals surface area contributed by atoms with Crippen LogP contribution in [0, 0.1) is 0 Å². The molecular formula is C2H5FO2S. The van der Waals surface area contributed by atoms with E-state index in [0.717, 1.165) is 0 Å². The Bertz CT molecular complexity index is 55.5. The molecule has 6 heavy (non-hydrogen) atoms. The first-order valence-electron chi connectivity index (χ1n) is 1.41. The first-order valence-corrected chi connectivity index (χ1v) is 2.68. The van der Waals surface area contributed by atoms with Crippen molar-refractivity contribution in [3.8, 4) is 0 Å². The fourth-order valence-corrected chi connectivity index (χ4v) is 0.198. The second-order valence-electron chi connectivity index (χ2n) is 0.715. The largest absolute Gasteiger partial charge is 0.306 e. The van der Waals surface area contributed by atoms with Crippen molar-refractivity contribution in [1.29, 1.82) is 0 Å². The summed E-state index contributed by atoms with van der Waals surface area (Å²) in [4.78, 5) is 0. The molecule has 1 atom stereocenters. The molecule has 0 spiro atoms. The Kier molecular flexibility index (Phi) is 3.26. The SMILES string of the molecule is O=S(O)CCF. The smallest absolute Gasteiger partial charge is 0.155 e. The first-order chi connectivity index (χ1) is 2.77. The van der Waals surface area contributed by atoms with Crippen molar-refractivity contribution in [2.24, 2.45) is 0 Å². The third-order valence-corrected chi connectivity index (χ3v) is 0.755. The van der Waals surface area contributed by atoms with Crippen molar-refractivity contribution in [2.75, 3.05) is 12.4 Å². The molecule has 0 amide bonds. The summed E-state index contributed by atoms with van der Waals surface area (Å²) in [6.07, 6.45) is 0. The zero-order chi connectivity index (χ0) is 4.99. The van der Waals surface area contributed by atoms with Crippen LogP contribution in [-0.4, -0.2) is 21.2 Å². The van der Waals surface area contributed by atoms with Gasteiger partial charge in [0.15, 0.2) is 11.1 Å². The summed E-state index contributed by atoms with van der Waals surface area (Å²) in [7, 11) is 0. The Hall–Kier alpha value is 0.0400. The lowest BCUT2D eigenvalue weighted by molar-refractivity contribution is 0.508. The average molecular weight is 112 g/mol. The second kappa shape index (κ2) is 3.24. The van der Waals surface area contributed by atoms with Crippen LogP contribution in [0.2, 0.25) is 0 Å². The van der Waals surface area contributed by atoms with Gasteiger partial charge in [0.25, 0.3) is 0 Å². The average Bonchev–Trinajstić information content (AvgIpc) is 1.35. The number of hydrogen-bond acceptors (Lipinski definition) is 1. The Balaban J connectivity index is 2.83. The molecular weight excluding hydrogens is 107 g/mol. The van der Waals surface area contributed by atoms with Gasteiger partial charge in [-0.15, -0.1) is 0 Å². The Morgan fingerprint density at radius 2 is 2.33 bits per heavy atom. The fraction of sp³-hybridized carbons (Fsp3) is 1.00. The van der Waals surface area contributed by atoms with E-state index in [4.69, 9.17) is 4.55 Å². The lowest BCUT2D eigenvalue weighted by atomic mass is 10.9. The van der Waals surface area contributed by atoms with Crippen molar-refractivity contribution in [3.63, 3.8) is 0 Å². The molecule has 0 saturated heterocycles. The number of rotatable bonds is 2. The highest BCUT2D eigenvalue weighted by atomic mass is 32.2. The van der Waals surface area contributed by atoms with Crippen LogP contribution in [0.5, 0.6) is 0 Å². The Labute approximate surface area is 37.6 Å². The molecule has 0 rings (SSSR count). The summed E-state index contributed by atoms with van der Waals surface area (Å²) in [6.45, 7) is -0.719. The molecule has 0 saturated carbocycles. The summed E-state index contributed by atoms with van der Waals surface area (Å²) in [5.41, 5.74) is 0. The van der Waals surface area contributed by atoms with Crippen LogP contribution in [0.25, 0.3) is 0 Å². The van der Waals surface area contributed by atoms with Crippen molar-refractivity contribution < 1.29 is 13.2 Å². The van der Waals surface area contributed by atoms with Crippen molar-refractivity contribution in [2.45, 2.75) is 0 Å². The van der Waals surface area contributed by atoms with Crippen molar-refractivity contribution in [1.82, 2.24) is 0 Å². The molecule has 0 aliphatic rings. The van der Waals surface area contributed by atoms with Gasteiger partial charge >= 0.3 is 0 Å². The van der Waals surface area contributed by atoms with Gasteiger partial charge in [0, 0.05) is 0 Å². The van der Waals surface area contributed by atoms with Crippen molar-refractivity contribution >= 4 is 11.1 Å². The molecule has 0 radical (unpaired) electrons. The van der Waals surface area contributed by atoms with Gasteiger partial charge in [0.1, 0.15) is 6.67 Å². The highest BCUT2D eigenvalue weighted by Gasteiger charge is 1.86. The minimum atomic E-state index is -1.94. The minimum Gasteiger partial charge on any atom is -0.306 e. The molecule has 0 heterocycles. The van der Waals surface area contributed by atoms with Gasteiger partial charge < -0.3 is 4.55 Å². The molecule has 2 nitrogen and oxygen atoms in total. The molecule has 1 N–H and O–H groups in total. The third-order valence-electron chi connectivity index (χ3n) is 0.252. The van der Waals surface area contributed by atoms with Gasteiger partial charge in [-0.1, -0.05) is 0 Å². The van der Waals surface area contributed by atoms with Crippen LogP contribution in [0.1, 0.15) is 0 Å². The molecule has 0 aromatic rings. The lowest BCUT2D eigenvalue weighted by Crippen LogP contribution is -1.94. The van der Waals surface area contributed by atoms with Crippen LogP contribution in [-0.2, 0) is 11.1 Å². The number of hydrogen-bond donors (Lipinski definition) is 1. The highest BCUT2D eigenvalue weighted by Crippen LogP contribution is 1.71. The summed E-state index contributed by atoms with van der Waals surface area (Å²) in [6, 6.07) is 0. The maximum atomic E-state index is 10.9. The van der Waals surface area contributed by atoms with E-state index < -0.39 is 17.8 Å². The molecule has 0 aromatic heterocycles. The van der Waals surface area contributed by atoms with E-state index in [2.05, 4.69) is 0 Å². The van der Waals surface area contributed by atoms with Crippen LogP contribution in [0.4, 0.5) is 4.39 Å². The molecule has 0 bridgehead atoms. The van der Waals surface area contributed by atoms with E-state index in [1.54, 1.807) is 0 Å². The molecule has 0 aromatic carbocycles. The summed E-state index contributed by atoms with van der Waals surface area (Å²) >= 11 is -1.94. The van der Waals surface area contributed by atoms with Gasteiger partial charge in [-0.2, -0.15) is 0 Å². The van der Waals surface area contributed by atoms with Crippen LogP contribution < -0.4 is 0 Å². The maximum absolute atomic E-state index is 10.9. The van der Waals surface area contributed by atoms with E-state index in [-0.39, 0.29) is 5.75 Å². The Morgan fingerprint density at radius 3 is 2.33 bits per heavy atom.